The number of amides is 3. The Morgan fingerprint density at radius 2 is 1.50 bits per heavy atom. The first-order valence-electron chi connectivity index (χ1n) is 10.3. The highest BCUT2D eigenvalue weighted by atomic mass is 16.3. The number of carbonyl (C=O) groups excluding carboxylic acids is 3. The second kappa shape index (κ2) is 11.2. The number of rotatable bonds is 9. The van der Waals surface area contributed by atoms with Crippen molar-refractivity contribution in [3.8, 4) is 0 Å². The number of nitrogens with zero attached hydrogens (tertiary/aromatic N) is 1. The molecule has 1 aromatic carbocycles. The van der Waals surface area contributed by atoms with E-state index in [2.05, 4.69) is 33.0 Å². The van der Waals surface area contributed by atoms with Crippen LogP contribution in [0.3, 0.4) is 0 Å². The third kappa shape index (κ3) is 7.04. The van der Waals surface area contributed by atoms with Crippen LogP contribution in [0.1, 0.15) is 40.9 Å². The number of benzene rings is 1. The molecule has 1 fully saturated rings. The molecule has 0 unspecified atom stereocenters. The van der Waals surface area contributed by atoms with Gasteiger partial charge in [0.25, 0.3) is 5.91 Å². The van der Waals surface area contributed by atoms with Crippen molar-refractivity contribution in [2.75, 3.05) is 26.2 Å². The maximum atomic E-state index is 11.9. The minimum absolute atomic E-state index is 0.127. The largest absolute Gasteiger partial charge is 0.459 e. The van der Waals surface area contributed by atoms with Gasteiger partial charge in [-0.1, -0.05) is 30.7 Å². The van der Waals surface area contributed by atoms with Crippen molar-refractivity contribution in [3.63, 3.8) is 0 Å². The lowest BCUT2D eigenvalue weighted by molar-refractivity contribution is -0.125. The van der Waals surface area contributed by atoms with E-state index in [-0.39, 0.29) is 24.8 Å². The molecule has 0 radical (unpaired) electrons. The van der Waals surface area contributed by atoms with Crippen LogP contribution in [-0.2, 0) is 22.7 Å². The Balaban J connectivity index is 1.31. The van der Waals surface area contributed by atoms with Crippen molar-refractivity contribution in [1.29, 1.82) is 0 Å². The highest BCUT2D eigenvalue weighted by Crippen LogP contribution is 2.13. The van der Waals surface area contributed by atoms with Crippen LogP contribution in [0, 0.1) is 0 Å². The van der Waals surface area contributed by atoms with Gasteiger partial charge in [0.05, 0.1) is 19.4 Å². The van der Waals surface area contributed by atoms with E-state index in [9.17, 15) is 14.4 Å². The highest BCUT2D eigenvalue weighted by Gasteiger charge is 2.12. The summed E-state index contributed by atoms with van der Waals surface area (Å²) in [6.07, 6.45) is 5.25. The number of nitrogens with one attached hydrogen (secondary N) is 3. The molecule has 30 heavy (non-hydrogen) atoms. The Morgan fingerprint density at radius 3 is 2.20 bits per heavy atom. The number of hydrogen-bond acceptors (Lipinski definition) is 5. The van der Waals surface area contributed by atoms with Gasteiger partial charge >= 0.3 is 0 Å². The average Bonchev–Trinajstić information content (AvgIpc) is 3.31. The number of hydrogen-bond donors (Lipinski definition) is 3. The first kappa shape index (κ1) is 21.6. The first-order chi connectivity index (χ1) is 14.6. The molecule has 1 aliphatic rings. The second-order valence-electron chi connectivity index (χ2n) is 7.37. The van der Waals surface area contributed by atoms with Crippen LogP contribution in [0.25, 0.3) is 0 Å². The Hall–Kier alpha value is -3.13. The zero-order valence-electron chi connectivity index (χ0n) is 17.0. The zero-order chi connectivity index (χ0) is 21.2. The number of carbonyl (C=O) groups is 3. The number of piperidine rings is 1. The van der Waals surface area contributed by atoms with E-state index in [0.717, 1.165) is 25.2 Å². The van der Waals surface area contributed by atoms with Gasteiger partial charge in [-0.2, -0.15) is 0 Å². The smallest absolute Gasteiger partial charge is 0.287 e. The van der Waals surface area contributed by atoms with E-state index < -0.39 is 11.8 Å². The quantitative estimate of drug-likeness (QED) is 0.578. The van der Waals surface area contributed by atoms with Crippen LogP contribution in [0.15, 0.2) is 47.1 Å². The van der Waals surface area contributed by atoms with E-state index in [1.54, 1.807) is 6.07 Å². The summed E-state index contributed by atoms with van der Waals surface area (Å²) in [6, 6.07) is 11.3. The molecule has 0 aliphatic carbocycles. The van der Waals surface area contributed by atoms with Crippen molar-refractivity contribution in [2.45, 2.75) is 32.4 Å². The SMILES string of the molecule is O=C(CNC(=O)CNC(=O)c1ccco1)NCc1ccc(CN2CCCCC2)cc1. The Kier molecular flexibility index (Phi) is 8.02. The van der Waals surface area contributed by atoms with Crippen LogP contribution >= 0.6 is 0 Å². The van der Waals surface area contributed by atoms with Crippen molar-refractivity contribution in [3.05, 3.63) is 59.5 Å². The third-order valence-electron chi connectivity index (χ3n) is 4.97. The topological polar surface area (TPSA) is 104 Å². The predicted octanol–water partition coefficient (Wildman–Crippen LogP) is 1.43. The molecule has 2 aromatic rings. The van der Waals surface area contributed by atoms with E-state index in [1.165, 1.54) is 37.2 Å². The van der Waals surface area contributed by atoms with Gasteiger partial charge in [0, 0.05) is 13.1 Å². The van der Waals surface area contributed by atoms with E-state index in [0.29, 0.717) is 6.54 Å². The Morgan fingerprint density at radius 1 is 0.833 bits per heavy atom. The highest BCUT2D eigenvalue weighted by molar-refractivity contribution is 5.94. The molecule has 2 heterocycles. The van der Waals surface area contributed by atoms with Crippen LogP contribution in [0.2, 0.25) is 0 Å². The third-order valence-corrected chi connectivity index (χ3v) is 4.97. The lowest BCUT2D eigenvalue weighted by atomic mass is 10.1. The molecule has 8 heteroatoms. The average molecular weight is 412 g/mol. The molecule has 3 rings (SSSR count). The summed E-state index contributed by atoms with van der Waals surface area (Å²) >= 11 is 0. The standard InChI is InChI=1S/C22H28N4O4/c27-20(14-24-21(28)15-25-22(29)19-5-4-12-30-19)23-13-17-6-8-18(9-7-17)16-26-10-2-1-3-11-26/h4-9,12H,1-3,10-11,13-16H2,(H,23,27)(H,24,28)(H,25,29). The van der Waals surface area contributed by atoms with Gasteiger partial charge in [-0.3, -0.25) is 19.3 Å². The van der Waals surface area contributed by atoms with Gasteiger partial charge < -0.3 is 20.4 Å². The van der Waals surface area contributed by atoms with Crippen molar-refractivity contribution in [2.24, 2.45) is 0 Å². The van der Waals surface area contributed by atoms with Gasteiger partial charge in [-0.15, -0.1) is 0 Å². The predicted molar refractivity (Wildman–Crippen MR) is 111 cm³/mol. The first-order valence-corrected chi connectivity index (χ1v) is 10.3. The summed E-state index contributed by atoms with van der Waals surface area (Å²) in [6.45, 7) is 3.31. The van der Waals surface area contributed by atoms with Gasteiger partial charge in [0.1, 0.15) is 0 Å². The number of likely N-dealkylation sites (tertiary alicyclic amines) is 1. The van der Waals surface area contributed by atoms with Crippen LogP contribution in [0.4, 0.5) is 0 Å². The molecule has 0 spiro atoms. The van der Waals surface area contributed by atoms with E-state index in [4.69, 9.17) is 4.42 Å². The summed E-state index contributed by atoms with van der Waals surface area (Å²) in [5.74, 6) is -1.10. The van der Waals surface area contributed by atoms with E-state index in [1.807, 2.05) is 12.1 Å². The molecular formula is C22H28N4O4. The lowest BCUT2D eigenvalue weighted by Gasteiger charge is -2.26. The monoisotopic (exact) mass is 412 g/mol. The van der Waals surface area contributed by atoms with Crippen molar-refractivity contribution < 1.29 is 18.8 Å². The van der Waals surface area contributed by atoms with Gasteiger partial charge in [0.15, 0.2) is 5.76 Å². The maximum absolute atomic E-state index is 11.9. The minimum Gasteiger partial charge on any atom is -0.459 e. The van der Waals surface area contributed by atoms with Gasteiger partial charge in [-0.05, 0) is 49.2 Å². The molecule has 1 aromatic heterocycles. The van der Waals surface area contributed by atoms with Crippen LogP contribution in [0.5, 0.6) is 0 Å². The molecule has 1 aliphatic heterocycles. The molecule has 0 atom stereocenters. The molecule has 3 N–H and O–H groups in total. The summed E-state index contributed by atoms with van der Waals surface area (Å²) in [4.78, 5) is 37.8. The van der Waals surface area contributed by atoms with Gasteiger partial charge in [-0.25, -0.2) is 0 Å². The molecule has 0 bridgehead atoms. The molecule has 160 valence electrons. The summed E-state index contributed by atoms with van der Waals surface area (Å²) in [5.41, 5.74) is 2.28. The fraction of sp³-hybridized carbons (Fsp3) is 0.409. The lowest BCUT2D eigenvalue weighted by Crippen LogP contribution is -2.41. The van der Waals surface area contributed by atoms with Crippen LogP contribution < -0.4 is 16.0 Å². The summed E-state index contributed by atoms with van der Waals surface area (Å²) < 4.78 is 4.93. The molecule has 3 amide bonds. The van der Waals surface area contributed by atoms with Crippen molar-refractivity contribution >= 4 is 17.7 Å². The Labute approximate surface area is 176 Å². The van der Waals surface area contributed by atoms with Crippen molar-refractivity contribution in [1.82, 2.24) is 20.9 Å². The van der Waals surface area contributed by atoms with E-state index >= 15 is 0 Å². The molecular weight excluding hydrogens is 384 g/mol. The number of furan rings is 1. The summed E-state index contributed by atoms with van der Waals surface area (Å²) in [7, 11) is 0. The fourth-order valence-electron chi connectivity index (χ4n) is 3.30. The molecule has 8 nitrogen and oxygen atoms in total. The maximum Gasteiger partial charge on any atom is 0.287 e. The van der Waals surface area contributed by atoms with Gasteiger partial charge in [0.2, 0.25) is 11.8 Å². The minimum atomic E-state index is -0.483. The fourth-order valence-corrected chi connectivity index (χ4v) is 3.30. The summed E-state index contributed by atoms with van der Waals surface area (Å²) in [5, 5.41) is 7.67. The normalized spacial score (nSPS) is 14.1. The Bertz CT molecular complexity index is 827. The van der Waals surface area contributed by atoms with Crippen LogP contribution in [-0.4, -0.2) is 48.8 Å². The zero-order valence-corrected chi connectivity index (χ0v) is 17.0. The second-order valence-corrected chi connectivity index (χ2v) is 7.37. The molecule has 1 saturated heterocycles. The molecule has 0 saturated carbocycles.